The van der Waals surface area contributed by atoms with Crippen LogP contribution in [0.4, 0.5) is 5.69 Å². The maximum atomic E-state index is 12.6. The first-order valence-corrected chi connectivity index (χ1v) is 6.48. The number of fused-ring (bicyclic) bond motifs is 1. The van der Waals surface area contributed by atoms with Crippen molar-refractivity contribution >= 4 is 17.3 Å². The zero-order valence-corrected chi connectivity index (χ0v) is 11.5. The average molecular weight is 312 g/mol. The Morgan fingerprint density at radius 1 is 0.826 bits per heavy atom. The van der Waals surface area contributed by atoms with Crippen LogP contribution < -0.4 is 0 Å². The van der Waals surface area contributed by atoms with Gasteiger partial charge in [-0.1, -0.05) is 36.4 Å². The Morgan fingerprint density at radius 2 is 1.39 bits per heavy atom. The van der Waals surface area contributed by atoms with E-state index in [4.69, 9.17) is 0 Å². The zero-order chi connectivity index (χ0) is 16.8. The number of nitrogens with zero attached hydrogens (tertiary/aromatic N) is 2. The number of nitro benzene ring substituents is 1. The summed E-state index contributed by atoms with van der Waals surface area (Å²) in [5.74, 6) is -1.97. The molecule has 3 rings (SSSR count). The van der Waals surface area contributed by atoms with Crippen LogP contribution in [-0.4, -0.2) is 21.4 Å². The molecule has 1 aliphatic carbocycles. The van der Waals surface area contributed by atoms with E-state index in [1.54, 1.807) is 0 Å². The Bertz CT molecular complexity index is 854. The fourth-order valence-electron chi connectivity index (χ4n) is 2.75. The Morgan fingerprint density at radius 3 is 1.87 bits per heavy atom. The van der Waals surface area contributed by atoms with Crippen molar-refractivity contribution in [3.8, 4) is 0 Å². The molecule has 8 nitrogen and oxygen atoms in total. The van der Waals surface area contributed by atoms with Gasteiger partial charge in [-0.2, -0.15) is 0 Å². The summed E-state index contributed by atoms with van der Waals surface area (Å²) in [6.45, 7) is 0. The van der Waals surface area contributed by atoms with E-state index in [0.29, 0.717) is 0 Å². The van der Waals surface area contributed by atoms with Crippen LogP contribution in [0.25, 0.3) is 0 Å². The van der Waals surface area contributed by atoms with Crippen LogP contribution >= 0.6 is 0 Å². The summed E-state index contributed by atoms with van der Waals surface area (Å²) >= 11 is 0. The Kier molecular flexibility index (Phi) is 3.03. The van der Waals surface area contributed by atoms with Crippen molar-refractivity contribution in [1.82, 2.24) is 0 Å². The van der Waals surface area contributed by atoms with Gasteiger partial charge in [-0.05, 0) is 0 Å². The van der Waals surface area contributed by atoms with Gasteiger partial charge in [0.05, 0.1) is 10.5 Å². The Labute approximate surface area is 128 Å². The molecule has 0 radical (unpaired) electrons. The molecule has 0 spiro atoms. The van der Waals surface area contributed by atoms with Crippen LogP contribution in [0.5, 0.6) is 0 Å². The first-order valence-electron chi connectivity index (χ1n) is 6.48. The molecule has 0 aromatic heterocycles. The van der Waals surface area contributed by atoms with Gasteiger partial charge in [0, 0.05) is 28.2 Å². The number of hydrogen-bond acceptors (Lipinski definition) is 6. The molecule has 0 unspecified atom stereocenters. The van der Waals surface area contributed by atoms with Crippen molar-refractivity contribution in [2.24, 2.45) is 0 Å². The van der Waals surface area contributed by atoms with E-state index in [-0.39, 0.29) is 16.7 Å². The number of rotatable bonds is 3. The summed E-state index contributed by atoms with van der Waals surface area (Å²) in [7, 11) is 0. The van der Waals surface area contributed by atoms with Crippen LogP contribution in [0, 0.1) is 20.2 Å². The van der Waals surface area contributed by atoms with Gasteiger partial charge in [0.1, 0.15) is 0 Å². The highest BCUT2D eigenvalue weighted by atomic mass is 16.6. The minimum Gasteiger partial charge on any atom is -0.285 e. The molecule has 1 aliphatic rings. The molecule has 2 aromatic rings. The highest BCUT2D eigenvalue weighted by molar-refractivity contribution is 6.31. The molecule has 0 heterocycles. The van der Waals surface area contributed by atoms with Gasteiger partial charge in [-0.15, -0.1) is 0 Å². The third-order valence-electron chi connectivity index (χ3n) is 3.82. The Balaban J connectivity index is 2.31. The summed E-state index contributed by atoms with van der Waals surface area (Å²) in [6, 6.07) is 10.1. The minimum absolute atomic E-state index is 0.0549. The van der Waals surface area contributed by atoms with Crippen molar-refractivity contribution in [2.45, 2.75) is 5.54 Å². The largest absolute Gasteiger partial charge is 0.370 e. The lowest BCUT2D eigenvalue weighted by molar-refractivity contribution is -0.537. The smallest absolute Gasteiger partial charge is 0.285 e. The van der Waals surface area contributed by atoms with Crippen LogP contribution in [0.1, 0.15) is 26.3 Å². The third kappa shape index (κ3) is 1.78. The SMILES string of the molecule is O=C1c2ccccc2C(=O)C1(c1cccc([N+](=O)[O-])c1)[N+](=O)[O-]. The molecule has 0 amide bonds. The fourth-order valence-corrected chi connectivity index (χ4v) is 2.75. The van der Waals surface area contributed by atoms with Crippen molar-refractivity contribution in [3.63, 3.8) is 0 Å². The number of benzene rings is 2. The van der Waals surface area contributed by atoms with Gasteiger partial charge in [-0.3, -0.25) is 29.8 Å². The number of carbonyl (C=O) groups excluding carboxylic acids is 2. The molecule has 23 heavy (non-hydrogen) atoms. The maximum absolute atomic E-state index is 12.6. The molecule has 8 heteroatoms. The second-order valence-electron chi connectivity index (χ2n) is 4.98. The quantitative estimate of drug-likeness (QED) is 0.486. The molecular weight excluding hydrogens is 304 g/mol. The predicted molar refractivity (Wildman–Crippen MR) is 76.9 cm³/mol. The predicted octanol–water partition coefficient (Wildman–Crippen LogP) is 2.15. The lowest BCUT2D eigenvalue weighted by Crippen LogP contribution is -2.46. The van der Waals surface area contributed by atoms with E-state index in [1.807, 2.05) is 0 Å². The first-order chi connectivity index (χ1) is 10.9. The molecule has 0 saturated carbocycles. The highest BCUT2D eigenvalue weighted by Crippen LogP contribution is 2.40. The molecule has 0 fully saturated rings. The summed E-state index contributed by atoms with van der Waals surface area (Å²) in [5.41, 5.74) is -3.53. The number of carbonyl (C=O) groups is 2. The lowest BCUT2D eigenvalue weighted by atomic mass is 9.85. The standard InChI is InChI=1S/C15H8N2O6/c18-13-11-6-1-2-7-12(11)14(19)15(13,17(22)23)9-4-3-5-10(8-9)16(20)21/h1-8H. The van der Waals surface area contributed by atoms with E-state index in [0.717, 1.165) is 12.1 Å². The van der Waals surface area contributed by atoms with E-state index in [1.165, 1.54) is 36.4 Å². The van der Waals surface area contributed by atoms with Crippen LogP contribution in [-0.2, 0) is 5.54 Å². The minimum atomic E-state index is -2.67. The van der Waals surface area contributed by atoms with E-state index < -0.39 is 32.6 Å². The molecule has 0 saturated heterocycles. The van der Waals surface area contributed by atoms with Gasteiger partial charge in [0.15, 0.2) is 0 Å². The third-order valence-corrected chi connectivity index (χ3v) is 3.82. The lowest BCUT2D eigenvalue weighted by Gasteiger charge is -2.17. The second-order valence-corrected chi connectivity index (χ2v) is 4.98. The second kappa shape index (κ2) is 4.80. The molecule has 2 aromatic carbocycles. The fraction of sp³-hybridized carbons (Fsp3) is 0.0667. The summed E-state index contributed by atoms with van der Waals surface area (Å²) < 4.78 is 0. The number of non-ortho nitro benzene ring substituents is 1. The number of hydrogen-bond donors (Lipinski definition) is 0. The van der Waals surface area contributed by atoms with E-state index in [9.17, 15) is 29.8 Å². The van der Waals surface area contributed by atoms with Crippen molar-refractivity contribution in [2.75, 3.05) is 0 Å². The van der Waals surface area contributed by atoms with Gasteiger partial charge < -0.3 is 0 Å². The zero-order valence-electron chi connectivity index (χ0n) is 11.5. The molecule has 0 bridgehead atoms. The molecule has 0 aliphatic heterocycles. The average Bonchev–Trinajstić information content (AvgIpc) is 2.77. The Hall–Kier alpha value is -3.42. The number of ketones is 2. The molecule has 0 N–H and O–H groups in total. The monoisotopic (exact) mass is 312 g/mol. The molecule has 0 atom stereocenters. The topological polar surface area (TPSA) is 120 Å². The van der Waals surface area contributed by atoms with Crippen LogP contribution in [0.2, 0.25) is 0 Å². The normalized spacial score (nSPS) is 15.3. The molecule has 114 valence electrons. The van der Waals surface area contributed by atoms with Crippen molar-refractivity contribution < 1.29 is 19.4 Å². The highest BCUT2D eigenvalue weighted by Gasteiger charge is 2.65. The maximum Gasteiger partial charge on any atom is 0.370 e. The van der Waals surface area contributed by atoms with Crippen LogP contribution in [0.3, 0.4) is 0 Å². The number of Topliss-reactive ketones (excluding diaryl/α,β-unsaturated/α-hetero) is 2. The summed E-state index contributed by atoms with van der Waals surface area (Å²) in [5, 5.41) is 22.6. The summed E-state index contributed by atoms with van der Waals surface area (Å²) in [4.78, 5) is 46.1. The van der Waals surface area contributed by atoms with E-state index in [2.05, 4.69) is 0 Å². The first kappa shape index (κ1) is 14.5. The van der Waals surface area contributed by atoms with Gasteiger partial charge in [0.25, 0.3) is 17.3 Å². The van der Waals surface area contributed by atoms with Gasteiger partial charge >= 0.3 is 5.54 Å². The van der Waals surface area contributed by atoms with Crippen molar-refractivity contribution in [3.05, 3.63) is 85.4 Å². The van der Waals surface area contributed by atoms with Gasteiger partial charge in [-0.25, -0.2) is 0 Å². The van der Waals surface area contributed by atoms with Crippen molar-refractivity contribution in [1.29, 1.82) is 0 Å². The van der Waals surface area contributed by atoms with Gasteiger partial charge in [0.2, 0.25) is 0 Å². The summed E-state index contributed by atoms with van der Waals surface area (Å²) in [6.07, 6.45) is 0. The molecular formula is C15H8N2O6. The number of nitro groups is 2. The van der Waals surface area contributed by atoms with Crippen LogP contribution in [0.15, 0.2) is 48.5 Å². The van der Waals surface area contributed by atoms with E-state index >= 15 is 0 Å².